The Morgan fingerprint density at radius 1 is 1.00 bits per heavy atom. The average Bonchev–Trinajstić information content (AvgIpc) is 2.79. The van der Waals surface area contributed by atoms with E-state index >= 15 is 0 Å². The number of rotatable bonds is 4. The molecule has 1 fully saturated rings. The molecule has 1 aliphatic heterocycles. The second-order valence-electron chi connectivity index (χ2n) is 6.81. The molecule has 0 aromatic heterocycles. The predicted octanol–water partition coefficient (Wildman–Crippen LogP) is 1.35. The van der Waals surface area contributed by atoms with Crippen molar-refractivity contribution in [3.05, 3.63) is 29.8 Å². The van der Waals surface area contributed by atoms with Crippen molar-refractivity contribution < 1.29 is 18.0 Å². The molecule has 0 aliphatic carbocycles. The van der Waals surface area contributed by atoms with Gasteiger partial charge in [-0.3, -0.25) is 9.59 Å². The molecular formula is C18H26N2O4S. The van der Waals surface area contributed by atoms with Crippen LogP contribution in [-0.2, 0) is 25.8 Å². The van der Waals surface area contributed by atoms with E-state index in [-0.39, 0.29) is 29.0 Å². The van der Waals surface area contributed by atoms with Crippen molar-refractivity contribution in [2.75, 3.05) is 32.4 Å². The number of carbonyl (C=O) groups is 2. The third-order valence-electron chi connectivity index (χ3n) is 4.36. The van der Waals surface area contributed by atoms with E-state index in [1.165, 1.54) is 12.1 Å². The van der Waals surface area contributed by atoms with E-state index < -0.39 is 9.84 Å². The zero-order valence-corrected chi connectivity index (χ0v) is 15.9. The minimum absolute atomic E-state index is 0.00551. The Hall–Kier alpha value is -1.89. The Morgan fingerprint density at radius 2 is 1.56 bits per heavy atom. The summed E-state index contributed by atoms with van der Waals surface area (Å²) >= 11 is 0. The topological polar surface area (TPSA) is 74.8 Å². The quantitative estimate of drug-likeness (QED) is 0.806. The number of sulfone groups is 1. The SMILES string of the molecule is CC(C)C(=O)N1CCCN(C(=O)Cc2ccc(S(C)(=O)=O)cc2)CC1. The fraction of sp³-hybridized carbons (Fsp3) is 0.556. The van der Waals surface area contributed by atoms with Gasteiger partial charge in [-0.05, 0) is 24.1 Å². The van der Waals surface area contributed by atoms with Gasteiger partial charge in [0.05, 0.1) is 11.3 Å². The third kappa shape index (κ3) is 5.29. The summed E-state index contributed by atoms with van der Waals surface area (Å²) in [6, 6.07) is 6.42. The summed E-state index contributed by atoms with van der Waals surface area (Å²) in [6.45, 7) is 6.20. The van der Waals surface area contributed by atoms with Gasteiger partial charge in [-0.1, -0.05) is 26.0 Å². The summed E-state index contributed by atoms with van der Waals surface area (Å²) in [5.41, 5.74) is 0.789. The zero-order chi connectivity index (χ0) is 18.6. The lowest BCUT2D eigenvalue weighted by Gasteiger charge is -2.23. The molecule has 0 atom stereocenters. The van der Waals surface area contributed by atoms with Gasteiger partial charge in [-0.25, -0.2) is 8.42 Å². The van der Waals surface area contributed by atoms with E-state index in [0.29, 0.717) is 26.2 Å². The maximum atomic E-state index is 12.5. The normalized spacial score (nSPS) is 16.0. The lowest BCUT2D eigenvalue weighted by Crippen LogP contribution is -2.39. The van der Waals surface area contributed by atoms with E-state index in [9.17, 15) is 18.0 Å². The fourth-order valence-electron chi connectivity index (χ4n) is 2.89. The molecule has 1 aliphatic rings. The molecule has 0 spiro atoms. The first kappa shape index (κ1) is 19.4. The van der Waals surface area contributed by atoms with E-state index in [2.05, 4.69) is 0 Å². The van der Waals surface area contributed by atoms with Crippen molar-refractivity contribution in [3.63, 3.8) is 0 Å². The molecule has 1 aromatic rings. The summed E-state index contributed by atoms with van der Waals surface area (Å²) in [7, 11) is -3.23. The van der Waals surface area contributed by atoms with Crippen LogP contribution in [0.15, 0.2) is 29.2 Å². The van der Waals surface area contributed by atoms with E-state index in [4.69, 9.17) is 0 Å². The number of carbonyl (C=O) groups excluding carboxylic acids is 2. The number of hydrogen-bond donors (Lipinski definition) is 0. The summed E-state index contributed by atoms with van der Waals surface area (Å²) in [6.07, 6.45) is 2.17. The fourth-order valence-corrected chi connectivity index (χ4v) is 3.52. The second-order valence-corrected chi connectivity index (χ2v) is 8.82. The van der Waals surface area contributed by atoms with Crippen molar-refractivity contribution in [1.82, 2.24) is 9.80 Å². The molecule has 2 rings (SSSR count). The van der Waals surface area contributed by atoms with Crippen LogP contribution in [0.1, 0.15) is 25.8 Å². The minimum atomic E-state index is -3.23. The Morgan fingerprint density at radius 3 is 2.12 bits per heavy atom. The highest BCUT2D eigenvalue weighted by atomic mass is 32.2. The zero-order valence-electron chi connectivity index (χ0n) is 15.1. The summed E-state index contributed by atoms with van der Waals surface area (Å²) < 4.78 is 23.0. The van der Waals surface area contributed by atoms with Crippen molar-refractivity contribution in [1.29, 1.82) is 0 Å². The lowest BCUT2D eigenvalue weighted by molar-refractivity contribution is -0.135. The Bertz CT molecular complexity index is 726. The highest BCUT2D eigenvalue weighted by Gasteiger charge is 2.23. The molecule has 1 aromatic carbocycles. The van der Waals surface area contributed by atoms with Crippen molar-refractivity contribution in [2.45, 2.75) is 31.6 Å². The molecule has 0 saturated carbocycles. The first-order valence-electron chi connectivity index (χ1n) is 8.54. The third-order valence-corrected chi connectivity index (χ3v) is 5.49. The molecular weight excluding hydrogens is 340 g/mol. The molecule has 1 heterocycles. The molecule has 2 amide bonds. The van der Waals surface area contributed by atoms with E-state index in [1.54, 1.807) is 17.0 Å². The Balaban J connectivity index is 1.96. The Labute approximate surface area is 149 Å². The van der Waals surface area contributed by atoms with Crippen molar-refractivity contribution >= 4 is 21.7 Å². The largest absolute Gasteiger partial charge is 0.341 e. The van der Waals surface area contributed by atoms with Crippen LogP contribution in [0.3, 0.4) is 0 Å². The maximum Gasteiger partial charge on any atom is 0.227 e. The number of nitrogens with zero attached hydrogens (tertiary/aromatic N) is 2. The molecule has 138 valence electrons. The van der Waals surface area contributed by atoms with Gasteiger partial charge >= 0.3 is 0 Å². The number of amides is 2. The van der Waals surface area contributed by atoms with Gasteiger partial charge in [0.2, 0.25) is 11.8 Å². The van der Waals surface area contributed by atoms with E-state index in [0.717, 1.165) is 18.2 Å². The smallest absolute Gasteiger partial charge is 0.227 e. The highest BCUT2D eigenvalue weighted by molar-refractivity contribution is 7.90. The summed E-state index contributed by atoms with van der Waals surface area (Å²) in [4.78, 5) is 28.5. The molecule has 25 heavy (non-hydrogen) atoms. The van der Waals surface area contributed by atoms with Crippen molar-refractivity contribution in [2.24, 2.45) is 5.92 Å². The van der Waals surface area contributed by atoms with Crippen LogP contribution >= 0.6 is 0 Å². The van der Waals surface area contributed by atoms with Gasteiger partial charge in [-0.15, -0.1) is 0 Å². The van der Waals surface area contributed by atoms with Gasteiger partial charge in [0.25, 0.3) is 0 Å². The molecule has 7 heteroatoms. The molecule has 0 unspecified atom stereocenters. The van der Waals surface area contributed by atoms with Crippen LogP contribution in [0.25, 0.3) is 0 Å². The van der Waals surface area contributed by atoms with Gasteiger partial charge < -0.3 is 9.80 Å². The predicted molar refractivity (Wildman–Crippen MR) is 95.9 cm³/mol. The van der Waals surface area contributed by atoms with Crippen LogP contribution in [0.2, 0.25) is 0 Å². The summed E-state index contributed by atoms with van der Waals surface area (Å²) in [5, 5.41) is 0. The van der Waals surface area contributed by atoms with Crippen LogP contribution in [0.5, 0.6) is 0 Å². The molecule has 1 saturated heterocycles. The van der Waals surface area contributed by atoms with Gasteiger partial charge in [0, 0.05) is 38.4 Å². The highest BCUT2D eigenvalue weighted by Crippen LogP contribution is 2.13. The molecule has 6 nitrogen and oxygen atoms in total. The standard InChI is InChI=1S/C18H26N2O4S/c1-14(2)18(22)20-10-4-9-19(11-12-20)17(21)13-15-5-7-16(8-6-15)25(3,23)24/h5-8,14H,4,9-13H2,1-3H3. The second kappa shape index (κ2) is 7.99. The number of benzene rings is 1. The van der Waals surface area contributed by atoms with Gasteiger partial charge in [-0.2, -0.15) is 0 Å². The Kier molecular flexibility index (Phi) is 6.21. The van der Waals surface area contributed by atoms with Gasteiger partial charge in [0.1, 0.15) is 0 Å². The maximum absolute atomic E-state index is 12.5. The summed E-state index contributed by atoms with van der Waals surface area (Å²) in [5.74, 6) is 0.104. The number of hydrogen-bond acceptors (Lipinski definition) is 4. The minimum Gasteiger partial charge on any atom is -0.341 e. The van der Waals surface area contributed by atoms with E-state index in [1.807, 2.05) is 18.7 Å². The van der Waals surface area contributed by atoms with Crippen LogP contribution in [0.4, 0.5) is 0 Å². The monoisotopic (exact) mass is 366 g/mol. The van der Waals surface area contributed by atoms with Crippen LogP contribution in [0, 0.1) is 5.92 Å². The molecule has 0 N–H and O–H groups in total. The van der Waals surface area contributed by atoms with Crippen LogP contribution < -0.4 is 0 Å². The average molecular weight is 366 g/mol. The molecule has 0 radical (unpaired) electrons. The lowest BCUT2D eigenvalue weighted by atomic mass is 10.1. The van der Waals surface area contributed by atoms with Crippen molar-refractivity contribution in [3.8, 4) is 0 Å². The first-order valence-corrected chi connectivity index (χ1v) is 10.4. The molecule has 0 bridgehead atoms. The van der Waals surface area contributed by atoms with Crippen LogP contribution in [-0.4, -0.2) is 62.5 Å². The van der Waals surface area contributed by atoms with Gasteiger partial charge in [0.15, 0.2) is 9.84 Å². The first-order chi connectivity index (χ1) is 11.7.